The lowest BCUT2D eigenvalue weighted by Crippen LogP contribution is -2.23. The zero-order valence-electron chi connectivity index (χ0n) is 15.3. The predicted octanol–water partition coefficient (Wildman–Crippen LogP) is 2.69. The van der Waals surface area contributed by atoms with Crippen molar-refractivity contribution in [3.05, 3.63) is 65.5 Å². The lowest BCUT2D eigenvalue weighted by atomic mass is 10.2. The van der Waals surface area contributed by atoms with Crippen molar-refractivity contribution >= 4 is 32.4 Å². The molecule has 0 aliphatic rings. The highest BCUT2D eigenvalue weighted by Crippen LogP contribution is 2.20. The monoisotopic (exact) mass is 436 g/mol. The fourth-order valence-electron chi connectivity index (χ4n) is 2.21. The lowest BCUT2D eigenvalue weighted by molar-refractivity contribution is -0.114. The maximum atomic E-state index is 12.9. The van der Waals surface area contributed by atoms with Crippen molar-refractivity contribution in [2.24, 2.45) is 0 Å². The largest absolute Gasteiger partial charge is 0.489 e. The highest BCUT2D eigenvalue weighted by atomic mass is 32.2. The molecule has 2 N–H and O–H groups in total. The number of hydrogen-bond donors (Lipinski definition) is 2. The van der Waals surface area contributed by atoms with E-state index in [0.717, 1.165) is 16.9 Å². The van der Waals surface area contributed by atoms with Gasteiger partial charge in [0.15, 0.2) is 0 Å². The van der Waals surface area contributed by atoms with Crippen LogP contribution in [0.2, 0.25) is 0 Å². The van der Waals surface area contributed by atoms with Crippen LogP contribution < -0.4 is 14.8 Å². The molecule has 1 amide bonds. The first-order valence-electron chi connectivity index (χ1n) is 8.39. The van der Waals surface area contributed by atoms with E-state index in [1.807, 2.05) is 0 Å². The molecule has 0 saturated carbocycles. The average Bonchev–Trinajstić information content (AvgIpc) is 3.15. The number of nitrogens with one attached hydrogen (secondary N) is 2. The molecule has 1 aromatic heterocycles. The molecule has 1 heterocycles. The molecule has 0 unspecified atom stereocenters. The number of rotatable bonds is 8. The molecule has 0 bridgehead atoms. The minimum Gasteiger partial charge on any atom is -0.489 e. The molecule has 29 heavy (non-hydrogen) atoms. The minimum atomic E-state index is -3.85. The van der Waals surface area contributed by atoms with Crippen molar-refractivity contribution in [1.82, 2.24) is 14.9 Å². The topological polar surface area (TPSA) is 110 Å². The standard InChI is InChI=1S/C18H17FN4O4S2/c1-12(24)21-17-22-23-18(28-17)29(25,26)20-10-13-4-8-16(9-5-13)27-11-14-2-6-15(19)7-3-14/h2-9,20H,10-11H2,1H3,(H,21,22,24). The first kappa shape index (κ1) is 20.8. The number of halogens is 1. The van der Waals surface area contributed by atoms with Crippen LogP contribution in [0.15, 0.2) is 52.9 Å². The van der Waals surface area contributed by atoms with Gasteiger partial charge in [0.1, 0.15) is 18.2 Å². The summed E-state index contributed by atoms with van der Waals surface area (Å²) < 4.78 is 45.3. The summed E-state index contributed by atoms with van der Waals surface area (Å²) in [5.41, 5.74) is 1.55. The summed E-state index contributed by atoms with van der Waals surface area (Å²) >= 11 is 0.763. The molecule has 8 nitrogen and oxygen atoms in total. The van der Waals surface area contributed by atoms with E-state index in [1.54, 1.807) is 36.4 Å². The zero-order chi connectivity index (χ0) is 20.9. The summed E-state index contributed by atoms with van der Waals surface area (Å²) in [4.78, 5) is 11.0. The Morgan fingerprint density at radius 1 is 1.07 bits per heavy atom. The van der Waals surface area contributed by atoms with Crippen LogP contribution in [0.5, 0.6) is 5.75 Å². The highest BCUT2D eigenvalue weighted by molar-refractivity contribution is 7.91. The first-order valence-corrected chi connectivity index (χ1v) is 10.7. The lowest BCUT2D eigenvalue weighted by Gasteiger charge is -2.08. The third kappa shape index (κ3) is 6.04. The van der Waals surface area contributed by atoms with Crippen molar-refractivity contribution in [2.45, 2.75) is 24.4 Å². The van der Waals surface area contributed by atoms with Gasteiger partial charge in [0, 0.05) is 13.5 Å². The van der Waals surface area contributed by atoms with Crippen LogP contribution in [-0.2, 0) is 28.0 Å². The summed E-state index contributed by atoms with van der Waals surface area (Å²) in [5.74, 6) is -0.0646. The number of aromatic nitrogens is 2. The van der Waals surface area contributed by atoms with Crippen LogP contribution in [0.3, 0.4) is 0 Å². The van der Waals surface area contributed by atoms with Crippen molar-refractivity contribution in [3.63, 3.8) is 0 Å². The number of carbonyl (C=O) groups excluding carboxylic acids is 1. The van der Waals surface area contributed by atoms with E-state index in [-0.39, 0.29) is 27.7 Å². The van der Waals surface area contributed by atoms with Gasteiger partial charge < -0.3 is 10.1 Å². The van der Waals surface area contributed by atoms with E-state index in [0.29, 0.717) is 17.9 Å². The van der Waals surface area contributed by atoms with Crippen LogP contribution in [0, 0.1) is 5.82 Å². The molecule has 0 aliphatic carbocycles. The summed E-state index contributed by atoms with van der Waals surface area (Å²) in [5, 5.41) is 9.70. The maximum Gasteiger partial charge on any atom is 0.270 e. The van der Waals surface area contributed by atoms with Gasteiger partial charge in [-0.15, -0.1) is 10.2 Å². The predicted molar refractivity (Wildman–Crippen MR) is 105 cm³/mol. The number of hydrogen-bond acceptors (Lipinski definition) is 7. The minimum absolute atomic E-state index is 0.0512. The average molecular weight is 436 g/mol. The number of carbonyl (C=O) groups is 1. The molecule has 3 rings (SSSR count). The normalized spacial score (nSPS) is 11.2. The van der Waals surface area contributed by atoms with E-state index in [9.17, 15) is 17.6 Å². The Morgan fingerprint density at radius 3 is 2.38 bits per heavy atom. The Hall–Kier alpha value is -2.89. The van der Waals surface area contributed by atoms with Crippen LogP contribution in [0.1, 0.15) is 18.1 Å². The van der Waals surface area contributed by atoms with Crippen LogP contribution >= 0.6 is 11.3 Å². The van der Waals surface area contributed by atoms with Gasteiger partial charge in [0.25, 0.3) is 10.0 Å². The van der Waals surface area contributed by atoms with E-state index in [1.165, 1.54) is 19.1 Å². The van der Waals surface area contributed by atoms with Gasteiger partial charge in [-0.3, -0.25) is 4.79 Å². The molecule has 0 radical (unpaired) electrons. The molecule has 11 heteroatoms. The Kier molecular flexibility index (Phi) is 6.52. The summed E-state index contributed by atoms with van der Waals surface area (Å²) in [7, 11) is -3.85. The molecular weight excluding hydrogens is 419 g/mol. The number of sulfonamides is 1. The van der Waals surface area contributed by atoms with Crippen LogP contribution in [0.25, 0.3) is 0 Å². The molecule has 0 aliphatic heterocycles. The Bertz CT molecular complexity index is 1080. The molecule has 152 valence electrons. The smallest absolute Gasteiger partial charge is 0.270 e. The second kappa shape index (κ2) is 9.07. The zero-order valence-corrected chi connectivity index (χ0v) is 16.9. The van der Waals surface area contributed by atoms with Gasteiger partial charge in [0.2, 0.25) is 15.4 Å². The number of benzene rings is 2. The van der Waals surface area contributed by atoms with Gasteiger partial charge >= 0.3 is 0 Å². The number of amides is 1. The molecule has 0 fully saturated rings. The molecule has 3 aromatic rings. The fourth-order valence-corrected chi connectivity index (χ4v) is 4.21. The third-order valence-corrected chi connectivity index (χ3v) is 6.24. The van der Waals surface area contributed by atoms with E-state index < -0.39 is 10.0 Å². The number of nitrogens with zero attached hydrogens (tertiary/aromatic N) is 2. The Balaban J connectivity index is 1.54. The van der Waals surface area contributed by atoms with Crippen molar-refractivity contribution in [2.75, 3.05) is 5.32 Å². The molecule has 0 atom stereocenters. The highest BCUT2D eigenvalue weighted by Gasteiger charge is 2.20. The van der Waals surface area contributed by atoms with Crippen molar-refractivity contribution in [1.29, 1.82) is 0 Å². The molecular formula is C18H17FN4O4S2. The van der Waals surface area contributed by atoms with Gasteiger partial charge in [-0.25, -0.2) is 17.5 Å². The van der Waals surface area contributed by atoms with Gasteiger partial charge in [-0.1, -0.05) is 35.6 Å². The van der Waals surface area contributed by atoms with Gasteiger partial charge in [-0.05, 0) is 35.4 Å². The SMILES string of the molecule is CC(=O)Nc1nnc(S(=O)(=O)NCc2ccc(OCc3ccc(F)cc3)cc2)s1. The summed E-state index contributed by atoms with van der Waals surface area (Å²) in [6, 6.07) is 12.9. The quantitative estimate of drug-likeness (QED) is 0.526. The number of anilines is 1. The molecule has 0 spiro atoms. The van der Waals surface area contributed by atoms with Crippen LogP contribution in [-0.4, -0.2) is 24.5 Å². The molecule has 0 saturated heterocycles. The second-order valence-electron chi connectivity index (χ2n) is 5.94. The summed E-state index contributed by atoms with van der Waals surface area (Å²) in [6.07, 6.45) is 0. The Morgan fingerprint density at radius 2 is 1.72 bits per heavy atom. The fraction of sp³-hybridized carbons (Fsp3) is 0.167. The van der Waals surface area contributed by atoms with Crippen molar-refractivity contribution in [3.8, 4) is 5.75 Å². The first-order chi connectivity index (χ1) is 13.8. The second-order valence-corrected chi connectivity index (χ2v) is 8.86. The molecule has 2 aromatic carbocycles. The van der Waals surface area contributed by atoms with Gasteiger partial charge in [0.05, 0.1) is 0 Å². The van der Waals surface area contributed by atoms with E-state index in [4.69, 9.17) is 4.74 Å². The maximum absolute atomic E-state index is 12.9. The third-order valence-electron chi connectivity index (χ3n) is 3.63. The Labute approximate surface area is 170 Å². The van der Waals surface area contributed by atoms with E-state index >= 15 is 0 Å². The van der Waals surface area contributed by atoms with Crippen LogP contribution in [0.4, 0.5) is 9.52 Å². The number of ether oxygens (including phenoxy) is 1. The van der Waals surface area contributed by atoms with Gasteiger partial charge in [-0.2, -0.15) is 0 Å². The summed E-state index contributed by atoms with van der Waals surface area (Å²) in [6.45, 7) is 1.64. The van der Waals surface area contributed by atoms with E-state index in [2.05, 4.69) is 20.2 Å². The van der Waals surface area contributed by atoms with Crippen molar-refractivity contribution < 1.29 is 22.3 Å².